The Hall–Kier alpha value is -2.99. The van der Waals surface area contributed by atoms with Crippen molar-refractivity contribution in [3.63, 3.8) is 0 Å². The zero-order valence-corrected chi connectivity index (χ0v) is 20.8. The van der Waals surface area contributed by atoms with E-state index in [1.54, 1.807) is 49.9 Å². The van der Waals surface area contributed by atoms with Gasteiger partial charge < -0.3 is 9.84 Å². The highest BCUT2D eigenvalue weighted by Gasteiger charge is 2.38. The number of aliphatic hydroxyl groups excluding tert-OH is 1. The van der Waals surface area contributed by atoms with Gasteiger partial charge in [-0.1, -0.05) is 13.0 Å². The number of aromatic nitrogens is 4. The van der Waals surface area contributed by atoms with Crippen LogP contribution >= 0.6 is 0 Å². The second-order valence-electron chi connectivity index (χ2n) is 8.97. The fraction of sp³-hybridized carbons (Fsp3) is 0.417. The molecule has 11 heteroatoms. The highest BCUT2D eigenvalue weighted by molar-refractivity contribution is 7.89. The van der Waals surface area contributed by atoms with Crippen LogP contribution in [0.1, 0.15) is 19.4 Å². The Morgan fingerprint density at radius 3 is 2.43 bits per heavy atom. The second kappa shape index (κ2) is 10.7. The lowest BCUT2D eigenvalue weighted by atomic mass is 10.0. The predicted molar refractivity (Wildman–Crippen MR) is 130 cm³/mol. The molecule has 0 radical (unpaired) electrons. The van der Waals surface area contributed by atoms with E-state index in [0.717, 1.165) is 16.7 Å². The van der Waals surface area contributed by atoms with Crippen molar-refractivity contribution < 1.29 is 18.3 Å². The Balaban J connectivity index is 1.72. The van der Waals surface area contributed by atoms with Gasteiger partial charge in [0.15, 0.2) is 0 Å². The van der Waals surface area contributed by atoms with E-state index >= 15 is 0 Å². The van der Waals surface area contributed by atoms with E-state index in [-0.39, 0.29) is 35.8 Å². The standard InChI is InChI=1S/C24H30N6O4S/c1-17-11-30(18(2)14-31)35(32,33)24-5-4-20(21-9-27-16-28-10-21)6-22(24)34-23(17)13-29(3)12-19-7-25-15-26-8-19/h4-10,15-18,23,31H,11-14H2,1-3H3/t17-,18+,23+/m0/s1. The normalized spacial score (nSPS) is 20.9. The predicted octanol–water partition coefficient (Wildman–Crippen LogP) is 1.83. The summed E-state index contributed by atoms with van der Waals surface area (Å²) in [6.07, 6.45) is 9.50. The molecule has 3 aromatic rings. The summed E-state index contributed by atoms with van der Waals surface area (Å²) in [5.74, 6) is 0.125. The molecule has 2 aromatic heterocycles. The van der Waals surface area contributed by atoms with Crippen LogP contribution in [0.2, 0.25) is 0 Å². The Morgan fingerprint density at radius 1 is 1.11 bits per heavy atom. The van der Waals surface area contributed by atoms with Crippen molar-refractivity contribution in [3.8, 4) is 16.9 Å². The molecule has 0 bridgehead atoms. The Bertz CT molecular complexity index is 1230. The van der Waals surface area contributed by atoms with E-state index in [1.807, 2.05) is 14.0 Å². The summed E-state index contributed by atoms with van der Waals surface area (Å²) < 4.78 is 35.1. The molecule has 186 valence electrons. The molecular formula is C24H30N6O4S. The van der Waals surface area contributed by atoms with Gasteiger partial charge in [-0.05, 0) is 31.7 Å². The maximum atomic E-state index is 13.6. The average molecular weight is 499 g/mol. The molecule has 0 unspecified atom stereocenters. The van der Waals surface area contributed by atoms with Gasteiger partial charge in [0.25, 0.3) is 0 Å². The van der Waals surface area contributed by atoms with E-state index < -0.39 is 16.1 Å². The summed E-state index contributed by atoms with van der Waals surface area (Å²) in [5, 5.41) is 9.81. The van der Waals surface area contributed by atoms with Crippen LogP contribution in [0.5, 0.6) is 5.75 Å². The highest BCUT2D eigenvalue weighted by atomic mass is 32.2. The minimum atomic E-state index is -3.90. The molecule has 1 aromatic carbocycles. The zero-order chi connectivity index (χ0) is 25.0. The molecule has 1 aliphatic rings. The SMILES string of the molecule is C[C@H](CO)N1C[C@H](C)[C@@H](CN(C)Cc2cncnc2)Oc2cc(-c3cncnc3)ccc2S1(=O)=O. The summed E-state index contributed by atoms with van der Waals surface area (Å²) in [7, 11) is -1.92. The lowest BCUT2D eigenvalue weighted by Crippen LogP contribution is -2.49. The first-order valence-electron chi connectivity index (χ1n) is 11.4. The number of ether oxygens (including phenoxy) is 1. The molecule has 4 rings (SSSR count). The quantitative estimate of drug-likeness (QED) is 0.520. The Morgan fingerprint density at radius 2 is 1.77 bits per heavy atom. The van der Waals surface area contributed by atoms with E-state index in [1.165, 1.54) is 17.0 Å². The molecule has 35 heavy (non-hydrogen) atoms. The van der Waals surface area contributed by atoms with Crippen LogP contribution in [0, 0.1) is 5.92 Å². The zero-order valence-electron chi connectivity index (χ0n) is 20.0. The highest BCUT2D eigenvalue weighted by Crippen LogP contribution is 2.36. The fourth-order valence-electron chi connectivity index (χ4n) is 4.17. The fourth-order valence-corrected chi connectivity index (χ4v) is 5.99. The molecule has 0 spiro atoms. The molecule has 3 atom stereocenters. The number of sulfonamides is 1. The van der Waals surface area contributed by atoms with Gasteiger partial charge in [-0.25, -0.2) is 28.4 Å². The van der Waals surface area contributed by atoms with Crippen LogP contribution in [-0.4, -0.2) is 81.6 Å². The molecule has 0 saturated heterocycles. The van der Waals surface area contributed by atoms with Gasteiger partial charge in [0, 0.05) is 67.5 Å². The van der Waals surface area contributed by atoms with Gasteiger partial charge in [0.2, 0.25) is 10.0 Å². The van der Waals surface area contributed by atoms with Crippen molar-refractivity contribution in [1.82, 2.24) is 29.1 Å². The van der Waals surface area contributed by atoms with Gasteiger partial charge in [0.1, 0.15) is 29.4 Å². The van der Waals surface area contributed by atoms with Gasteiger partial charge >= 0.3 is 0 Å². The van der Waals surface area contributed by atoms with Gasteiger partial charge in [-0.15, -0.1) is 0 Å². The van der Waals surface area contributed by atoms with Crippen molar-refractivity contribution in [2.75, 3.05) is 26.7 Å². The number of aliphatic hydroxyl groups is 1. The van der Waals surface area contributed by atoms with Crippen LogP contribution < -0.4 is 4.74 Å². The summed E-state index contributed by atoms with van der Waals surface area (Å²) >= 11 is 0. The Labute approximate surface area is 205 Å². The minimum Gasteiger partial charge on any atom is -0.487 e. The monoisotopic (exact) mass is 498 g/mol. The van der Waals surface area contributed by atoms with Gasteiger partial charge in [-0.2, -0.15) is 4.31 Å². The molecule has 3 heterocycles. The average Bonchev–Trinajstić information content (AvgIpc) is 2.86. The second-order valence-corrected chi connectivity index (χ2v) is 10.8. The van der Waals surface area contributed by atoms with E-state index in [9.17, 15) is 13.5 Å². The summed E-state index contributed by atoms with van der Waals surface area (Å²) in [6, 6.07) is 4.43. The maximum absolute atomic E-state index is 13.6. The molecule has 10 nitrogen and oxygen atoms in total. The third-order valence-corrected chi connectivity index (χ3v) is 8.14. The van der Waals surface area contributed by atoms with Crippen LogP contribution in [0.3, 0.4) is 0 Å². The first-order valence-corrected chi connectivity index (χ1v) is 12.8. The molecule has 0 aliphatic carbocycles. The number of rotatable bonds is 7. The van der Waals surface area contributed by atoms with Gasteiger partial charge in [0.05, 0.1) is 6.61 Å². The third-order valence-electron chi connectivity index (χ3n) is 6.12. The van der Waals surface area contributed by atoms with Crippen molar-refractivity contribution in [2.24, 2.45) is 5.92 Å². The third kappa shape index (κ3) is 5.64. The van der Waals surface area contributed by atoms with E-state index in [4.69, 9.17) is 4.74 Å². The maximum Gasteiger partial charge on any atom is 0.247 e. The number of benzene rings is 1. The number of likely N-dealkylation sites (N-methyl/N-ethyl adjacent to an activating group) is 1. The largest absolute Gasteiger partial charge is 0.487 e. The molecule has 1 N–H and O–H groups in total. The molecular weight excluding hydrogens is 468 g/mol. The van der Waals surface area contributed by atoms with E-state index in [0.29, 0.717) is 13.1 Å². The topological polar surface area (TPSA) is 122 Å². The molecule has 1 aliphatic heterocycles. The lowest BCUT2D eigenvalue weighted by molar-refractivity contribution is 0.0733. The lowest BCUT2D eigenvalue weighted by Gasteiger charge is -2.37. The van der Waals surface area contributed by atoms with Crippen molar-refractivity contribution in [2.45, 2.75) is 37.4 Å². The first kappa shape index (κ1) is 25.1. The molecule has 0 amide bonds. The Kier molecular flexibility index (Phi) is 7.70. The van der Waals surface area contributed by atoms with Crippen molar-refractivity contribution in [1.29, 1.82) is 0 Å². The van der Waals surface area contributed by atoms with E-state index in [2.05, 4.69) is 24.8 Å². The molecule has 0 saturated carbocycles. The number of hydrogen-bond acceptors (Lipinski definition) is 9. The van der Waals surface area contributed by atoms with Crippen LogP contribution in [0.15, 0.2) is 60.5 Å². The van der Waals surface area contributed by atoms with Crippen LogP contribution in [0.25, 0.3) is 11.1 Å². The number of fused-ring (bicyclic) bond motifs is 1. The van der Waals surface area contributed by atoms with Crippen LogP contribution in [0.4, 0.5) is 0 Å². The smallest absolute Gasteiger partial charge is 0.247 e. The van der Waals surface area contributed by atoms with Gasteiger partial charge in [-0.3, -0.25) is 4.90 Å². The van der Waals surface area contributed by atoms with Crippen molar-refractivity contribution in [3.05, 3.63) is 61.2 Å². The summed E-state index contributed by atoms with van der Waals surface area (Å²) in [4.78, 5) is 18.5. The van der Waals surface area contributed by atoms with Crippen molar-refractivity contribution >= 4 is 10.0 Å². The summed E-state index contributed by atoms with van der Waals surface area (Å²) in [5.41, 5.74) is 2.48. The summed E-state index contributed by atoms with van der Waals surface area (Å²) in [6.45, 7) is 4.80. The number of hydrogen-bond donors (Lipinski definition) is 1. The first-order chi connectivity index (χ1) is 16.8. The molecule has 0 fully saturated rings. The number of nitrogens with zero attached hydrogens (tertiary/aromatic N) is 6. The van der Waals surface area contributed by atoms with Crippen LogP contribution in [-0.2, 0) is 16.6 Å². The minimum absolute atomic E-state index is 0.0782.